The molecule has 2 heterocycles. The van der Waals surface area contributed by atoms with Crippen LogP contribution >= 0.6 is 0 Å². The quantitative estimate of drug-likeness (QED) is 0.439. The lowest BCUT2D eigenvalue weighted by Crippen LogP contribution is -2.30. The van der Waals surface area contributed by atoms with Gasteiger partial charge in [0.25, 0.3) is 5.56 Å². The molecule has 9 heteroatoms. The van der Waals surface area contributed by atoms with E-state index in [1.807, 2.05) is 54.6 Å². The van der Waals surface area contributed by atoms with Crippen LogP contribution in [-0.2, 0) is 18.4 Å². The predicted molar refractivity (Wildman–Crippen MR) is 127 cm³/mol. The average Bonchev–Trinajstić information content (AvgIpc) is 3.22. The lowest BCUT2D eigenvalue weighted by molar-refractivity contribution is -0.124. The van der Waals surface area contributed by atoms with Gasteiger partial charge >= 0.3 is 0 Å². The smallest absolute Gasteiger partial charge is 0.292 e. The van der Waals surface area contributed by atoms with Crippen molar-refractivity contribution in [3.05, 3.63) is 77.6 Å². The molecule has 4 aromatic rings. The van der Waals surface area contributed by atoms with Gasteiger partial charge in [-0.05, 0) is 42.5 Å². The number of anilines is 1. The monoisotopic (exact) mass is 444 g/mol. The first-order chi connectivity index (χ1) is 15.9. The standard InChI is InChI=1S/C24H24N6O3/c1-4-19(31)28(2)14-15-30-22-20(23(25)27-29(3)24(22)32)21(26-30)16-10-12-18(13-11-16)33-17-8-6-5-7-9-17/h4-13H,1,14-15H2,2-3H3,(H2,25,27). The minimum atomic E-state index is -0.320. The van der Waals surface area contributed by atoms with Gasteiger partial charge in [-0.2, -0.15) is 10.2 Å². The molecule has 9 nitrogen and oxygen atoms in total. The summed E-state index contributed by atoms with van der Waals surface area (Å²) in [5.41, 5.74) is 7.53. The summed E-state index contributed by atoms with van der Waals surface area (Å²) in [6.45, 7) is 4.15. The lowest BCUT2D eigenvalue weighted by Gasteiger charge is -2.15. The maximum absolute atomic E-state index is 12.9. The van der Waals surface area contributed by atoms with Crippen molar-refractivity contribution in [3.63, 3.8) is 0 Å². The second-order valence-corrected chi connectivity index (χ2v) is 7.51. The normalized spacial score (nSPS) is 10.8. The molecule has 0 saturated carbocycles. The molecule has 1 amide bonds. The van der Waals surface area contributed by atoms with Crippen molar-refractivity contribution >= 4 is 22.6 Å². The third kappa shape index (κ3) is 4.33. The number of hydrogen-bond donors (Lipinski definition) is 1. The molecule has 168 valence electrons. The number of aromatic nitrogens is 4. The first-order valence-corrected chi connectivity index (χ1v) is 10.3. The fourth-order valence-electron chi connectivity index (χ4n) is 3.51. The molecule has 0 aliphatic rings. The number of fused-ring (bicyclic) bond motifs is 1. The second-order valence-electron chi connectivity index (χ2n) is 7.51. The number of nitrogens with two attached hydrogens (primary N) is 1. The molecule has 0 aliphatic carbocycles. The highest BCUT2D eigenvalue weighted by Gasteiger charge is 2.20. The number of nitrogen functional groups attached to an aromatic ring is 1. The molecule has 2 N–H and O–H groups in total. The van der Waals surface area contributed by atoms with E-state index in [1.165, 1.54) is 22.7 Å². The van der Waals surface area contributed by atoms with Crippen LogP contribution in [0.1, 0.15) is 0 Å². The number of benzene rings is 2. The van der Waals surface area contributed by atoms with Gasteiger partial charge in [-0.1, -0.05) is 24.8 Å². The second kappa shape index (κ2) is 8.99. The van der Waals surface area contributed by atoms with Crippen LogP contribution in [0.5, 0.6) is 11.5 Å². The van der Waals surface area contributed by atoms with E-state index in [9.17, 15) is 9.59 Å². The van der Waals surface area contributed by atoms with Gasteiger partial charge in [0, 0.05) is 26.2 Å². The van der Waals surface area contributed by atoms with Crippen LogP contribution in [-0.4, -0.2) is 44.0 Å². The molecular formula is C24H24N6O3. The van der Waals surface area contributed by atoms with Crippen LogP contribution in [0.3, 0.4) is 0 Å². The Morgan fingerprint density at radius 2 is 1.79 bits per heavy atom. The molecule has 0 aliphatic heterocycles. The summed E-state index contributed by atoms with van der Waals surface area (Å²) in [5.74, 6) is 1.39. The Bertz CT molecular complexity index is 1370. The maximum atomic E-state index is 12.9. The predicted octanol–water partition coefficient (Wildman–Crippen LogP) is 2.82. The third-order valence-electron chi connectivity index (χ3n) is 5.27. The number of likely N-dealkylation sites (N-methyl/N-ethyl adjacent to an activating group) is 1. The molecule has 2 aromatic carbocycles. The molecule has 0 spiro atoms. The molecule has 4 rings (SSSR count). The average molecular weight is 444 g/mol. The highest BCUT2D eigenvalue weighted by atomic mass is 16.5. The minimum Gasteiger partial charge on any atom is -0.457 e. The number of carbonyl (C=O) groups is 1. The van der Waals surface area contributed by atoms with E-state index in [0.29, 0.717) is 35.4 Å². The Kier molecular flexibility index (Phi) is 5.95. The summed E-state index contributed by atoms with van der Waals surface area (Å²) in [4.78, 5) is 26.2. The number of ether oxygens (including phenoxy) is 1. The zero-order chi connectivity index (χ0) is 23.5. The van der Waals surface area contributed by atoms with Gasteiger partial charge < -0.3 is 15.4 Å². The first-order valence-electron chi connectivity index (χ1n) is 10.3. The molecule has 33 heavy (non-hydrogen) atoms. The number of para-hydroxylation sites is 1. The van der Waals surface area contributed by atoms with Gasteiger partial charge in [0.15, 0.2) is 5.82 Å². The van der Waals surface area contributed by atoms with Crippen molar-refractivity contribution < 1.29 is 9.53 Å². The Hall–Kier alpha value is -4.40. The molecule has 0 unspecified atom stereocenters. The van der Waals surface area contributed by atoms with Crippen molar-refractivity contribution in [3.8, 4) is 22.8 Å². The Morgan fingerprint density at radius 3 is 2.45 bits per heavy atom. The van der Waals surface area contributed by atoms with Crippen LogP contribution in [0, 0.1) is 0 Å². The van der Waals surface area contributed by atoms with Crippen molar-refractivity contribution in [2.75, 3.05) is 19.3 Å². The number of carbonyl (C=O) groups excluding carboxylic acids is 1. The van der Waals surface area contributed by atoms with Crippen molar-refractivity contribution in [2.24, 2.45) is 7.05 Å². The molecule has 0 radical (unpaired) electrons. The molecule has 0 bridgehead atoms. The highest BCUT2D eigenvalue weighted by Crippen LogP contribution is 2.31. The molecule has 0 saturated heterocycles. The summed E-state index contributed by atoms with van der Waals surface area (Å²) in [6, 6.07) is 16.8. The largest absolute Gasteiger partial charge is 0.457 e. The van der Waals surface area contributed by atoms with Gasteiger partial charge in [0.2, 0.25) is 5.91 Å². The summed E-state index contributed by atoms with van der Waals surface area (Å²) < 4.78 is 8.62. The summed E-state index contributed by atoms with van der Waals surface area (Å²) >= 11 is 0. The van der Waals surface area contributed by atoms with Crippen LogP contribution in [0.4, 0.5) is 5.82 Å². The van der Waals surface area contributed by atoms with Crippen LogP contribution in [0.2, 0.25) is 0 Å². The van der Waals surface area contributed by atoms with E-state index in [1.54, 1.807) is 11.7 Å². The van der Waals surface area contributed by atoms with Gasteiger partial charge in [0.1, 0.15) is 22.7 Å². The number of nitrogens with zero attached hydrogens (tertiary/aromatic N) is 5. The first kappa shape index (κ1) is 21.8. The van der Waals surface area contributed by atoms with E-state index < -0.39 is 0 Å². The maximum Gasteiger partial charge on any atom is 0.292 e. The van der Waals surface area contributed by atoms with Crippen molar-refractivity contribution in [1.82, 2.24) is 24.5 Å². The topological polar surface area (TPSA) is 108 Å². The third-order valence-corrected chi connectivity index (χ3v) is 5.27. The summed E-state index contributed by atoms with van der Waals surface area (Å²) in [5, 5.41) is 9.29. The molecule has 2 aromatic heterocycles. The van der Waals surface area contributed by atoms with Gasteiger partial charge in [-0.3, -0.25) is 14.3 Å². The Labute approximate surface area is 190 Å². The highest BCUT2D eigenvalue weighted by molar-refractivity contribution is 5.99. The van der Waals surface area contributed by atoms with E-state index >= 15 is 0 Å². The lowest BCUT2D eigenvalue weighted by atomic mass is 10.1. The van der Waals surface area contributed by atoms with Crippen molar-refractivity contribution in [2.45, 2.75) is 6.54 Å². The van der Waals surface area contributed by atoms with Crippen LogP contribution in [0.15, 0.2) is 72.0 Å². The van der Waals surface area contributed by atoms with Crippen LogP contribution in [0.25, 0.3) is 22.2 Å². The van der Waals surface area contributed by atoms with E-state index in [-0.39, 0.29) is 17.3 Å². The SMILES string of the molecule is C=CC(=O)N(C)CCn1nc(-c2ccc(Oc3ccccc3)cc2)c2c(N)nn(C)c(=O)c21. The fourth-order valence-corrected chi connectivity index (χ4v) is 3.51. The molecular weight excluding hydrogens is 420 g/mol. The van der Waals surface area contributed by atoms with E-state index in [4.69, 9.17) is 10.5 Å². The zero-order valence-electron chi connectivity index (χ0n) is 18.4. The molecule has 0 fully saturated rings. The van der Waals surface area contributed by atoms with E-state index in [0.717, 1.165) is 11.3 Å². The van der Waals surface area contributed by atoms with Gasteiger partial charge in [-0.25, -0.2) is 4.68 Å². The van der Waals surface area contributed by atoms with Crippen molar-refractivity contribution in [1.29, 1.82) is 0 Å². The van der Waals surface area contributed by atoms with Gasteiger partial charge in [0.05, 0.1) is 11.9 Å². The molecule has 0 atom stereocenters. The summed E-state index contributed by atoms with van der Waals surface area (Å²) in [7, 11) is 3.20. The number of rotatable bonds is 7. The van der Waals surface area contributed by atoms with E-state index in [2.05, 4.69) is 16.8 Å². The zero-order valence-corrected chi connectivity index (χ0v) is 18.4. The number of aryl methyl sites for hydroxylation is 1. The number of hydrogen-bond acceptors (Lipinski definition) is 6. The van der Waals surface area contributed by atoms with Gasteiger partial charge in [-0.15, -0.1) is 0 Å². The minimum absolute atomic E-state index is 0.202. The fraction of sp³-hybridized carbons (Fsp3) is 0.167. The summed E-state index contributed by atoms with van der Waals surface area (Å²) in [6.07, 6.45) is 1.24. The Morgan fingerprint density at radius 1 is 1.12 bits per heavy atom. The Balaban J connectivity index is 1.73. The van der Waals surface area contributed by atoms with Crippen LogP contribution < -0.4 is 16.0 Å². The number of amides is 1.